The van der Waals surface area contributed by atoms with Gasteiger partial charge in [0, 0.05) is 31.2 Å². The number of benzene rings is 1. The van der Waals surface area contributed by atoms with Crippen molar-refractivity contribution in [3.05, 3.63) is 71.8 Å². The third kappa shape index (κ3) is 3.63. The minimum absolute atomic E-state index is 0.155. The van der Waals surface area contributed by atoms with Crippen molar-refractivity contribution in [2.24, 2.45) is 7.05 Å². The molecule has 0 unspecified atom stereocenters. The number of nitrogens with one attached hydrogen (secondary N) is 1. The van der Waals surface area contributed by atoms with Crippen LogP contribution < -0.4 is 5.32 Å². The molecule has 1 aromatic carbocycles. The molecule has 3 rings (SSSR count). The highest BCUT2D eigenvalue weighted by atomic mass is 16.1. The van der Waals surface area contributed by atoms with E-state index in [1.807, 2.05) is 56.6 Å². The third-order valence-electron chi connectivity index (χ3n) is 3.58. The van der Waals surface area contributed by atoms with Crippen LogP contribution in [0, 0.1) is 6.92 Å². The summed E-state index contributed by atoms with van der Waals surface area (Å²) in [6.07, 6.45) is 5.19. The van der Waals surface area contributed by atoms with Gasteiger partial charge in [-0.3, -0.25) is 14.5 Å². The minimum Gasteiger partial charge on any atom is -0.346 e. The van der Waals surface area contributed by atoms with Crippen LogP contribution in [0.4, 0.5) is 0 Å². The summed E-state index contributed by atoms with van der Waals surface area (Å²) in [5.41, 5.74) is 4.53. The Morgan fingerprint density at radius 3 is 2.61 bits per heavy atom. The average molecular weight is 306 g/mol. The molecule has 0 aliphatic heterocycles. The first kappa shape index (κ1) is 15.0. The first-order valence-corrected chi connectivity index (χ1v) is 7.40. The van der Waals surface area contributed by atoms with Crippen LogP contribution in [0.25, 0.3) is 11.1 Å². The van der Waals surface area contributed by atoms with Gasteiger partial charge in [0.05, 0.1) is 17.8 Å². The van der Waals surface area contributed by atoms with Crippen molar-refractivity contribution >= 4 is 5.91 Å². The molecule has 5 heteroatoms. The van der Waals surface area contributed by atoms with Crippen molar-refractivity contribution in [2.45, 2.75) is 13.5 Å². The summed E-state index contributed by atoms with van der Waals surface area (Å²) in [4.78, 5) is 16.5. The summed E-state index contributed by atoms with van der Waals surface area (Å²) in [5, 5.41) is 7.10. The van der Waals surface area contributed by atoms with E-state index in [4.69, 9.17) is 0 Å². The molecule has 0 spiro atoms. The van der Waals surface area contributed by atoms with Crippen LogP contribution in [0.1, 0.15) is 21.6 Å². The predicted octanol–water partition coefficient (Wildman–Crippen LogP) is 2.72. The van der Waals surface area contributed by atoms with Gasteiger partial charge in [0.2, 0.25) is 0 Å². The van der Waals surface area contributed by atoms with Gasteiger partial charge in [-0.25, -0.2) is 0 Å². The van der Waals surface area contributed by atoms with Crippen LogP contribution in [0.2, 0.25) is 0 Å². The fourth-order valence-electron chi connectivity index (χ4n) is 2.30. The molecule has 0 aliphatic carbocycles. The summed E-state index contributed by atoms with van der Waals surface area (Å²) in [7, 11) is 1.85. The van der Waals surface area contributed by atoms with Gasteiger partial charge in [-0.15, -0.1) is 0 Å². The van der Waals surface area contributed by atoms with E-state index in [9.17, 15) is 4.79 Å². The number of amides is 1. The fourth-order valence-corrected chi connectivity index (χ4v) is 2.30. The number of nitrogens with zero attached hydrogens (tertiary/aromatic N) is 3. The topological polar surface area (TPSA) is 59.8 Å². The van der Waals surface area contributed by atoms with Crippen LogP contribution in [0.15, 0.2) is 55.0 Å². The summed E-state index contributed by atoms with van der Waals surface area (Å²) in [6, 6.07) is 11.9. The number of carbonyl (C=O) groups excluding carboxylic acids is 1. The van der Waals surface area contributed by atoms with E-state index in [1.165, 1.54) is 5.56 Å². The highest BCUT2D eigenvalue weighted by Gasteiger charge is 2.08. The number of hydrogen-bond donors (Lipinski definition) is 1. The average Bonchev–Trinajstić information content (AvgIpc) is 2.99. The van der Waals surface area contributed by atoms with Crippen molar-refractivity contribution in [1.29, 1.82) is 0 Å². The van der Waals surface area contributed by atoms with Crippen LogP contribution in [0.5, 0.6) is 0 Å². The van der Waals surface area contributed by atoms with Gasteiger partial charge in [0.15, 0.2) is 0 Å². The molecule has 3 aromatic rings. The Kier molecular flexibility index (Phi) is 4.19. The van der Waals surface area contributed by atoms with E-state index in [0.29, 0.717) is 12.1 Å². The van der Waals surface area contributed by atoms with E-state index in [-0.39, 0.29) is 5.91 Å². The first-order valence-electron chi connectivity index (χ1n) is 7.40. The SMILES string of the molecule is Cc1ccc(-c2cncc(C(=O)NCc3ccn(C)n3)c2)cc1. The lowest BCUT2D eigenvalue weighted by molar-refractivity contribution is 0.0950. The van der Waals surface area contributed by atoms with E-state index < -0.39 is 0 Å². The molecule has 0 saturated carbocycles. The van der Waals surface area contributed by atoms with E-state index in [0.717, 1.165) is 16.8 Å². The van der Waals surface area contributed by atoms with Gasteiger partial charge < -0.3 is 5.32 Å². The van der Waals surface area contributed by atoms with Crippen molar-refractivity contribution in [2.75, 3.05) is 0 Å². The summed E-state index contributed by atoms with van der Waals surface area (Å²) < 4.78 is 1.71. The number of carbonyl (C=O) groups is 1. The second kappa shape index (κ2) is 6.44. The molecule has 2 aromatic heterocycles. The first-order chi connectivity index (χ1) is 11.1. The molecular weight excluding hydrogens is 288 g/mol. The van der Waals surface area contributed by atoms with Crippen molar-refractivity contribution < 1.29 is 4.79 Å². The monoisotopic (exact) mass is 306 g/mol. The molecule has 0 bridgehead atoms. The van der Waals surface area contributed by atoms with Gasteiger partial charge in [0.25, 0.3) is 5.91 Å². The van der Waals surface area contributed by atoms with E-state index in [2.05, 4.69) is 15.4 Å². The summed E-state index contributed by atoms with van der Waals surface area (Å²) in [6.45, 7) is 2.44. The van der Waals surface area contributed by atoms with Gasteiger partial charge in [-0.05, 0) is 24.6 Å². The number of rotatable bonds is 4. The van der Waals surface area contributed by atoms with Crippen LogP contribution in [0.3, 0.4) is 0 Å². The molecule has 116 valence electrons. The lowest BCUT2D eigenvalue weighted by Gasteiger charge is -2.06. The second-order valence-corrected chi connectivity index (χ2v) is 5.49. The molecule has 0 atom stereocenters. The zero-order valence-corrected chi connectivity index (χ0v) is 13.2. The minimum atomic E-state index is -0.155. The molecular formula is C18H18N4O. The Morgan fingerprint density at radius 1 is 1.13 bits per heavy atom. The Bertz CT molecular complexity index is 821. The maximum absolute atomic E-state index is 12.3. The highest BCUT2D eigenvalue weighted by molar-refractivity contribution is 5.95. The third-order valence-corrected chi connectivity index (χ3v) is 3.58. The Hall–Kier alpha value is -2.95. The van der Waals surface area contributed by atoms with Crippen molar-refractivity contribution in [3.8, 4) is 11.1 Å². The smallest absolute Gasteiger partial charge is 0.253 e. The molecule has 0 saturated heterocycles. The summed E-state index contributed by atoms with van der Waals surface area (Å²) >= 11 is 0. The van der Waals surface area contributed by atoms with Crippen molar-refractivity contribution in [1.82, 2.24) is 20.1 Å². The van der Waals surface area contributed by atoms with E-state index >= 15 is 0 Å². The molecule has 0 aliphatic rings. The maximum atomic E-state index is 12.3. The summed E-state index contributed by atoms with van der Waals surface area (Å²) in [5.74, 6) is -0.155. The van der Waals surface area contributed by atoms with Gasteiger partial charge >= 0.3 is 0 Å². The molecule has 1 N–H and O–H groups in total. The fraction of sp³-hybridized carbons (Fsp3) is 0.167. The van der Waals surface area contributed by atoms with Gasteiger partial charge in [-0.2, -0.15) is 5.10 Å². The van der Waals surface area contributed by atoms with Crippen LogP contribution >= 0.6 is 0 Å². The second-order valence-electron chi connectivity index (χ2n) is 5.49. The largest absolute Gasteiger partial charge is 0.346 e. The normalized spacial score (nSPS) is 10.5. The quantitative estimate of drug-likeness (QED) is 0.806. The number of pyridine rings is 1. The lowest BCUT2D eigenvalue weighted by atomic mass is 10.0. The predicted molar refractivity (Wildman–Crippen MR) is 88.8 cm³/mol. The number of aromatic nitrogens is 3. The molecule has 23 heavy (non-hydrogen) atoms. The standard InChI is InChI=1S/C18H18N4O/c1-13-3-5-14(6-4-13)15-9-16(11-19-10-15)18(23)20-12-17-7-8-22(2)21-17/h3-11H,12H2,1-2H3,(H,20,23). The zero-order valence-electron chi connectivity index (χ0n) is 13.2. The molecule has 1 amide bonds. The molecule has 0 fully saturated rings. The van der Waals surface area contributed by atoms with E-state index in [1.54, 1.807) is 17.1 Å². The Labute approximate surface area is 135 Å². The van der Waals surface area contributed by atoms with Gasteiger partial charge in [0.1, 0.15) is 0 Å². The van der Waals surface area contributed by atoms with Crippen LogP contribution in [-0.4, -0.2) is 20.7 Å². The molecule has 5 nitrogen and oxygen atoms in total. The number of hydrogen-bond acceptors (Lipinski definition) is 3. The lowest BCUT2D eigenvalue weighted by Crippen LogP contribution is -2.23. The number of aryl methyl sites for hydroxylation is 2. The highest BCUT2D eigenvalue weighted by Crippen LogP contribution is 2.19. The van der Waals surface area contributed by atoms with Crippen molar-refractivity contribution in [3.63, 3.8) is 0 Å². The maximum Gasteiger partial charge on any atom is 0.253 e. The molecule has 2 heterocycles. The molecule has 0 radical (unpaired) electrons. The zero-order chi connectivity index (χ0) is 16.2. The Balaban J connectivity index is 1.73. The van der Waals surface area contributed by atoms with Crippen LogP contribution in [-0.2, 0) is 13.6 Å². The Morgan fingerprint density at radius 2 is 1.91 bits per heavy atom. The van der Waals surface area contributed by atoms with Gasteiger partial charge in [-0.1, -0.05) is 29.8 Å².